The number of benzene rings is 1. The molecule has 1 fully saturated rings. The molecular formula is C18H28N2O3. The van der Waals surface area contributed by atoms with Crippen molar-refractivity contribution in [1.29, 1.82) is 0 Å². The molecule has 5 nitrogen and oxygen atoms in total. The fourth-order valence-electron chi connectivity index (χ4n) is 2.79. The molecule has 0 aromatic heterocycles. The molecule has 0 aliphatic carbocycles. The third-order valence-corrected chi connectivity index (χ3v) is 3.86. The van der Waals surface area contributed by atoms with Crippen LogP contribution in [0.5, 0.6) is 5.75 Å². The number of piperidine rings is 1. The second kappa shape index (κ2) is 10.2. The summed E-state index contributed by atoms with van der Waals surface area (Å²) >= 11 is 0. The molecule has 1 unspecified atom stereocenters. The minimum atomic E-state index is -0.0609. The Morgan fingerprint density at radius 2 is 1.91 bits per heavy atom. The predicted molar refractivity (Wildman–Crippen MR) is 90.7 cm³/mol. The number of ether oxygens (including phenoxy) is 2. The van der Waals surface area contributed by atoms with E-state index in [-0.39, 0.29) is 18.6 Å². The van der Waals surface area contributed by atoms with Crippen LogP contribution in [-0.4, -0.2) is 56.3 Å². The summed E-state index contributed by atoms with van der Waals surface area (Å²) in [5, 5.41) is 2.99. The molecule has 1 aliphatic heterocycles. The highest BCUT2D eigenvalue weighted by atomic mass is 16.5. The molecule has 1 aromatic carbocycles. The van der Waals surface area contributed by atoms with E-state index in [0.29, 0.717) is 13.2 Å². The van der Waals surface area contributed by atoms with Crippen molar-refractivity contribution >= 4 is 5.91 Å². The number of hydrogen-bond donors (Lipinski definition) is 1. The van der Waals surface area contributed by atoms with Gasteiger partial charge in [0, 0.05) is 12.6 Å². The molecule has 2 rings (SSSR count). The summed E-state index contributed by atoms with van der Waals surface area (Å²) in [6.45, 7) is 6.20. The highest BCUT2D eigenvalue weighted by Crippen LogP contribution is 2.09. The predicted octanol–water partition coefficient (Wildman–Crippen LogP) is 2.07. The maximum Gasteiger partial charge on any atom is 0.246 e. The van der Waals surface area contributed by atoms with Crippen LogP contribution >= 0.6 is 0 Å². The second-order valence-electron chi connectivity index (χ2n) is 6.04. The lowest BCUT2D eigenvalue weighted by molar-refractivity contribution is -0.126. The van der Waals surface area contributed by atoms with Crippen molar-refractivity contribution in [1.82, 2.24) is 10.2 Å². The molecule has 1 heterocycles. The van der Waals surface area contributed by atoms with Gasteiger partial charge in [-0.1, -0.05) is 24.6 Å². The third kappa shape index (κ3) is 7.48. The van der Waals surface area contributed by atoms with Gasteiger partial charge in [-0.05, 0) is 45.0 Å². The van der Waals surface area contributed by atoms with Gasteiger partial charge in [0.15, 0.2) is 0 Å². The summed E-state index contributed by atoms with van der Waals surface area (Å²) in [6, 6.07) is 9.74. The molecule has 128 valence electrons. The van der Waals surface area contributed by atoms with Crippen molar-refractivity contribution in [3.8, 4) is 5.75 Å². The minimum absolute atomic E-state index is 0.0609. The van der Waals surface area contributed by atoms with Gasteiger partial charge in [0.1, 0.15) is 19.0 Å². The van der Waals surface area contributed by atoms with Crippen LogP contribution in [-0.2, 0) is 9.53 Å². The van der Waals surface area contributed by atoms with Crippen LogP contribution in [0.4, 0.5) is 0 Å². The fraction of sp³-hybridized carbons (Fsp3) is 0.611. The molecule has 0 bridgehead atoms. The summed E-state index contributed by atoms with van der Waals surface area (Å²) in [5.41, 5.74) is 0. The van der Waals surface area contributed by atoms with E-state index in [1.807, 2.05) is 37.3 Å². The SMILES string of the molecule is CC(CN1CCCCC1)NC(=O)COCCOc1ccccc1. The average Bonchev–Trinajstić information content (AvgIpc) is 2.56. The van der Waals surface area contributed by atoms with Gasteiger partial charge >= 0.3 is 0 Å². The fourth-order valence-corrected chi connectivity index (χ4v) is 2.79. The zero-order valence-corrected chi connectivity index (χ0v) is 14.0. The maximum absolute atomic E-state index is 11.8. The van der Waals surface area contributed by atoms with Crippen LogP contribution < -0.4 is 10.1 Å². The Balaban J connectivity index is 1.50. The van der Waals surface area contributed by atoms with E-state index < -0.39 is 0 Å². The van der Waals surface area contributed by atoms with Gasteiger partial charge in [-0.15, -0.1) is 0 Å². The highest BCUT2D eigenvalue weighted by Gasteiger charge is 2.14. The van der Waals surface area contributed by atoms with Crippen molar-refractivity contribution < 1.29 is 14.3 Å². The summed E-state index contributed by atoms with van der Waals surface area (Å²) in [5.74, 6) is 0.755. The molecule has 1 aromatic rings. The maximum atomic E-state index is 11.8. The van der Waals surface area contributed by atoms with E-state index in [0.717, 1.165) is 25.4 Å². The van der Waals surface area contributed by atoms with Gasteiger partial charge in [0.2, 0.25) is 5.91 Å². The monoisotopic (exact) mass is 320 g/mol. The van der Waals surface area contributed by atoms with Crippen LogP contribution in [0.25, 0.3) is 0 Å². The second-order valence-corrected chi connectivity index (χ2v) is 6.04. The van der Waals surface area contributed by atoms with E-state index in [9.17, 15) is 4.79 Å². The average molecular weight is 320 g/mol. The topological polar surface area (TPSA) is 50.8 Å². The Morgan fingerprint density at radius 3 is 2.65 bits per heavy atom. The molecule has 1 atom stereocenters. The molecule has 1 amide bonds. The zero-order valence-electron chi connectivity index (χ0n) is 14.0. The third-order valence-electron chi connectivity index (χ3n) is 3.86. The first-order valence-electron chi connectivity index (χ1n) is 8.51. The van der Waals surface area contributed by atoms with Crippen LogP contribution in [0.2, 0.25) is 0 Å². The molecule has 1 aliphatic rings. The van der Waals surface area contributed by atoms with Gasteiger partial charge in [-0.25, -0.2) is 0 Å². The largest absolute Gasteiger partial charge is 0.491 e. The van der Waals surface area contributed by atoms with Crippen molar-refractivity contribution in [2.24, 2.45) is 0 Å². The molecule has 0 radical (unpaired) electrons. The Morgan fingerprint density at radius 1 is 1.17 bits per heavy atom. The molecule has 23 heavy (non-hydrogen) atoms. The standard InChI is InChI=1S/C18H28N2O3/c1-16(14-20-10-6-3-7-11-20)19-18(21)15-22-12-13-23-17-8-4-2-5-9-17/h2,4-5,8-9,16H,3,6-7,10-15H2,1H3,(H,19,21). The Labute approximate surface area is 139 Å². The normalized spacial score (nSPS) is 16.7. The van der Waals surface area contributed by atoms with E-state index in [1.165, 1.54) is 19.3 Å². The van der Waals surface area contributed by atoms with Gasteiger partial charge < -0.3 is 19.7 Å². The van der Waals surface area contributed by atoms with Gasteiger partial charge in [0.25, 0.3) is 0 Å². The van der Waals surface area contributed by atoms with E-state index in [2.05, 4.69) is 10.2 Å². The summed E-state index contributed by atoms with van der Waals surface area (Å²) in [6.07, 6.45) is 3.87. The first-order chi connectivity index (χ1) is 11.2. The smallest absolute Gasteiger partial charge is 0.246 e. The summed E-state index contributed by atoms with van der Waals surface area (Å²) < 4.78 is 10.9. The Hall–Kier alpha value is -1.59. The number of carbonyl (C=O) groups is 1. The van der Waals surface area contributed by atoms with E-state index in [4.69, 9.17) is 9.47 Å². The van der Waals surface area contributed by atoms with Gasteiger partial charge in [0.05, 0.1) is 6.61 Å². The quantitative estimate of drug-likeness (QED) is 0.708. The Bertz CT molecular complexity index is 447. The van der Waals surface area contributed by atoms with E-state index >= 15 is 0 Å². The lowest BCUT2D eigenvalue weighted by Crippen LogP contribution is -2.44. The number of rotatable bonds is 9. The van der Waals surface area contributed by atoms with Crippen LogP contribution in [0.1, 0.15) is 26.2 Å². The zero-order chi connectivity index (χ0) is 16.3. The summed E-state index contributed by atoms with van der Waals surface area (Å²) in [4.78, 5) is 14.3. The summed E-state index contributed by atoms with van der Waals surface area (Å²) in [7, 11) is 0. The molecule has 0 saturated carbocycles. The number of para-hydroxylation sites is 1. The Kier molecular flexibility index (Phi) is 7.90. The van der Waals surface area contributed by atoms with Crippen molar-refractivity contribution in [2.75, 3.05) is 39.5 Å². The van der Waals surface area contributed by atoms with Crippen LogP contribution in [0.15, 0.2) is 30.3 Å². The van der Waals surface area contributed by atoms with Gasteiger partial charge in [-0.2, -0.15) is 0 Å². The number of nitrogens with zero attached hydrogens (tertiary/aromatic N) is 1. The number of hydrogen-bond acceptors (Lipinski definition) is 4. The number of amides is 1. The first kappa shape index (κ1) is 17.8. The highest BCUT2D eigenvalue weighted by molar-refractivity contribution is 5.77. The first-order valence-corrected chi connectivity index (χ1v) is 8.51. The lowest BCUT2D eigenvalue weighted by Gasteiger charge is -2.29. The molecule has 1 N–H and O–H groups in total. The molecule has 1 saturated heterocycles. The van der Waals surface area contributed by atoms with Crippen LogP contribution in [0.3, 0.4) is 0 Å². The number of nitrogens with one attached hydrogen (secondary N) is 1. The molecule has 0 spiro atoms. The lowest BCUT2D eigenvalue weighted by atomic mass is 10.1. The number of carbonyl (C=O) groups excluding carboxylic acids is 1. The van der Waals surface area contributed by atoms with Crippen molar-refractivity contribution in [2.45, 2.75) is 32.2 Å². The van der Waals surface area contributed by atoms with E-state index in [1.54, 1.807) is 0 Å². The molecule has 5 heteroatoms. The van der Waals surface area contributed by atoms with Crippen LogP contribution in [0, 0.1) is 0 Å². The van der Waals surface area contributed by atoms with Crippen molar-refractivity contribution in [3.63, 3.8) is 0 Å². The van der Waals surface area contributed by atoms with Gasteiger partial charge in [-0.3, -0.25) is 4.79 Å². The number of likely N-dealkylation sites (tertiary alicyclic amines) is 1. The molecular weight excluding hydrogens is 292 g/mol. The van der Waals surface area contributed by atoms with Crippen molar-refractivity contribution in [3.05, 3.63) is 30.3 Å². The minimum Gasteiger partial charge on any atom is -0.491 e.